The van der Waals surface area contributed by atoms with E-state index in [4.69, 9.17) is 14.6 Å². The number of nitrogens with one attached hydrogen (secondary N) is 1. The van der Waals surface area contributed by atoms with E-state index in [9.17, 15) is 4.79 Å². The highest BCUT2D eigenvalue weighted by atomic mass is 16.6. The number of ether oxygens (including phenoxy) is 2. The molecule has 0 fully saturated rings. The second-order valence-corrected chi connectivity index (χ2v) is 8.18. The molecular weight excluding hydrogens is 404 g/mol. The van der Waals surface area contributed by atoms with E-state index in [-0.39, 0.29) is 5.91 Å². The summed E-state index contributed by atoms with van der Waals surface area (Å²) in [5.41, 5.74) is 5.54. The Hall–Kier alpha value is -3.32. The van der Waals surface area contributed by atoms with Crippen LogP contribution in [0.4, 0.5) is 5.69 Å². The summed E-state index contributed by atoms with van der Waals surface area (Å²) in [7, 11) is 0. The third kappa shape index (κ3) is 4.21. The number of hydrogen-bond acceptors (Lipinski definition) is 5. The summed E-state index contributed by atoms with van der Waals surface area (Å²) in [6.07, 6.45) is 3.26. The van der Waals surface area contributed by atoms with Gasteiger partial charge in [-0.05, 0) is 55.6 Å². The Balaban J connectivity index is 1.28. The maximum atomic E-state index is 12.8. The summed E-state index contributed by atoms with van der Waals surface area (Å²) in [6.45, 7) is 4.88. The molecule has 1 aliphatic heterocycles. The van der Waals surface area contributed by atoms with E-state index in [2.05, 4.69) is 34.0 Å². The highest BCUT2D eigenvalue weighted by Gasteiger charge is 2.24. The average Bonchev–Trinajstić information content (AvgIpc) is 3.43. The predicted octanol–water partition coefficient (Wildman–Crippen LogP) is 3.59. The number of rotatable bonds is 7. The average molecular weight is 433 g/mol. The van der Waals surface area contributed by atoms with Gasteiger partial charge in [-0.1, -0.05) is 25.1 Å². The molecule has 7 heteroatoms. The molecule has 0 bridgehead atoms. The van der Waals surface area contributed by atoms with E-state index in [1.54, 1.807) is 0 Å². The van der Waals surface area contributed by atoms with Crippen LogP contribution in [0.5, 0.6) is 11.5 Å². The molecule has 0 atom stereocenters. The van der Waals surface area contributed by atoms with Crippen LogP contribution in [0.25, 0.3) is 5.69 Å². The zero-order valence-corrected chi connectivity index (χ0v) is 18.3. The first-order chi connectivity index (χ1) is 15.7. The standard InChI is InChI=1S/C25H28N4O3/c1-2-28(17-25(30)26-18-11-12-23-24(15-18)32-14-13-31-23)16-21-20-9-6-10-22(20)29(27-21)19-7-4-3-5-8-19/h3-5,7-8,11-12,15H,2,6,9-10,13-14,16-17H2,1H3,(H,26,30). The van der Waals surface area contributed by atoms with Crippen molar-refractivity contribution in [3.63, 3.8) is 0 Å². The summed E-state index contributed by atoms with van der Waals surface area (Å²) in [4.78, 5) is 14.9. The molecule has 2 aromatic carbocycles. The van der Waals surface area contributed by atoms with Crippen molar-refractivity contribution in [1.29, 1.82) is 0 Å². The van der Waals surface area contributed by atoms with Crippen LogP contribution in [-0.2, 0) is 24.2 Å². The van der Waals surface area contributed by atoms with E-state index in [1.807, 2.05) is 36.4 Å². The Kier molecular flexibility index (Phi) is 5.81. The smallest absolute Gasteiger partial charge is 0.238 e. The van der Waals surface area contributed by atoms with Crippen LogP contribution in [0.1, 0.15) is 30.3 Å². The normalized spacial score (nSPS) is 14.4. The van der Waals surface area contributed by atoms with Gasteiger partial charge in [-0.2, -0.15) is 5.10 Å². The molecule has 5 rings (SSSR count). The van der Waals surface area contributed by atoms with Gasteiger partial charge < -0.3 is 14.8 Å². The van der Waals surface area contributed by atoms with Gasteiger partial charge in [0, 0.05) is 24.0 Å². The lowest BCUT2D eigenvalue weighted by Crippen LogP contribution is -2.33. The van der Waals surface area contributed by atoms with Gasteiger partial charge in [0.15, 0.2) is 11.5 Å². The van der Waals surface area contributed by atoms with Crippen molar-refractivity contribution in [3.05, 3.63) is 65.5 Å². The Morgan fingerprint density at radius 2 is 1.91 bits per heavy atom. The maximum absolute atomic E-state index is 12.8. The summed E-state index contributed by atoms with van der Waals surface area (Å²) < 4.78 is 13.2. The van der Waals surface area contributed by atoms with E-state index in [1.165, 1.54) is 11.3 Å². The number of carbonyl (C=O) groups excluding carboxylic acids is 1. The number of anilines is 1. The summed E-state index contributed by atoms with van der Waals surface area (Å²) in [5.74, 6) is 1.33. The third-order valence-electron chi connectivity index (χ3n) is 6.03. The van der Waals surface area contributed by atoms with Crippen LogP contribution in [0.15, 0.2) is 48.5 Å². The topological polar surface area (TPSA) is 68.6 Å². The lowest BCUT2D eigenvalue weighted by molar-refractivity contribution is -0.117. The van der Waals surface area contributed by atoms with Crippen LogP contribution in [0, 0.1) is 0 Å². The summed E-state index contributed by atoms with van der Waals surface area (Å²) >= 11 is 0. The Bertz CT molecular complexity index is 1110. The van der Waals surface area contributed by atoms with Gasteiger partial charge in [-0.25, -0.2) is 4.68 Å². The summed E-state index contributed by atoms with van der Waals surface area (Å²) in [6, 6.07) is 15.8. The minimum absolute atomic E-state index is 0.0531. The van der Waals surface area contributed by atoms with E-state index >= 15 is 0 Å². The minimum Gasteiger partial charge on any atom is -0.486 e. The van der Waals surface area contributed by atoms with E-state index < -0.39 is 0 Å². The molecular formula is C25H28N4O3. The molecule has 0 saturated heterocycles. The Morgan fingerprint density at radius 3 is 2.72 bits per heavy atom. The molecule has 2 aliphatic rings. The highest BCUT2D eigenvalue weighted by molar-refractivity contribution is 5.92. The monoisotopic (exact) mass is 432 g/mol. The van der Waals surface area contributed by atoms with Crippen LogP contribution < -0.4 is 14.8 Å². The Labute approximate surface area is 187 Å². The van der Waals surface area contributed by atoms with Crippen LogP contribution in [0.2, 0.25) is 0 Å². The van der Waals surface area contributed by atoms with Crippen LogP contribution in [0.3, 0.4) is 0 Å². The fourth-order valence-electron chi connectivity index (χ4n) is 4.44. The van der Waals surface area contributed by atoms with Crippen molar-refractivity contribution in [3.8, 4) is 17.2 Å². The lowest BCUT2D eigenvalue weighted by Gasteiger charge is -2.21. The number of aromatic nitrogens is 2. The molecule has 0 radical (unpaired) electrons. The number of benzene rings is 2. The minimum atomic E-state index is -0.0531. The second-order valence-electron chi connectivity index (χ2n) is 8.18. The zero-order valence-electron chi connectivity index (χ0n) is 18.3. The maximum Gasteiger partial charge on any atom is 0.238 e. The highest BCUT2D eigenvalue weighted by Crippen LogP contribution is 2.32. The van der Waals surface area contributed by atoms with Gasteiger partial charge in [-0.3, -0.25) is 9.69 Å². The van der Waals surface area contributed by atoms with Gasteiger partial charge in [-0.15, -0.1) is 0 Å². The van der Waals surface area contributed by atoms with Gasteiger partial charge in [0.05, 0.1) is 17.9 Å². The van der Waals surface area contributed by atoms with Crippen molar-refractivity contribution in [1.82, 2.24) is 14.7 Å². The number of fused-ring (bicyclic) bond motifs is 2. The number of hydrogen-bond donors (Lipinski definition) is 1. The molecule has 32 heavy (non-hydrogen) atoms. The lowest BCUT2D eigenvalue weighted by atomic mass is 10.2. The quantitative estimate of drug-likeness (QED) is 0.618. The van der Waals surface area contributed by atoms with Gasteiger partial charge in [0.2, 0.25) is 5.91 Å². The number of amides is 1. The molecule has 1 amide bonds. The fourth-order valence-corrected chi connectivity index (χ4v) is 4.44. The number of carbonyl (C=O) groups is 1. The van der Waals surface area contributed by atoms with Gasteiger partial charge in [0.25, 0.3) is 0 Å². The van der Waals surface area contributed by atoms with Gasteiger partial charge >= 0.3 is 0 Å². The molecule has 3 aromatic rings. The number of nitrogens with zero attached hydrogens (tertiary/aromatic N) is 3. The first-order valence-corrected chi connectivity index (χ1v) is 11.3. The van der Waals surface area contributed by atoms with Crippen molar-refractivity contribution in [2.24, 2.45) is 0 Å². The SMILES string of the molecule is CCN(CC(=O)Nc1ccc2c(c1)OCCO2)Cc1nn(-c2ccccc2)c2c1CCC2. The third-order valence-corrected chi connectivity index (χ3v) is 6.03. The zero-order chi connectivity index (χ0) is 21.9. The van der Waals surface area contributed by atoms with Crippen molar-refractivity contribution >= 4 is 11.6 Å². The molecule has 166 valence electrons. The van der Waals surface area contributed by atoms with Crippen molar-refractivity contribution in [2.75, 3.05) is 31.6 Å². The molecule has 7 nitrogen and oxygen atoms in total. The molecule has 2 heterocycles. The van der Waals surface area contributed by atoms with Crippen LogP contribution in [-0.4, -0.2) is 46.9 Å². The largest absolute Gasteiger partial charge is 0.486 e. The van der Waals surface area contributed by atoms with Crippen molar-refractivity contribution in [2.45, 2.75) is 32.7 Å². The first-order valence-electron chi connectivity index (χ1n) is 11.3. The number of likely N-dealkylation sites (N-methyl/N-ethyl adjacent to an activating group) is 1. The Morgan fingerprint density at radius 1 is 1.09 bits per heavy atom. The molecule has 1 aliphatic carbocycles. The second kappa shape index (κ2) is 9.04. The predicted molar refractivity (Wildman–Crippen MR) is 123 cm³/mol. The van der Waals surface area contributed by atoms with E-state index in [0.29, 0.717) is 43.5 Å². The molecule has 0 spiro atoms. The first kappa shape index (κ1) is 20.6. The van der Waals surface area contributed by atoms with Crippen LogP contribution >= 0.6 is 0 Å². The van der Waals surface area contributed by atoms with Gasteiger partial charge in [0.1, 0.15) is 13.2 Å². The van der Waals surface area contributed by atoms with Crippen molar-refractivity contribution < 1.29 is 14.3 Å². The summed E-state index contributed by atoms with van der Waals surface area (Å²) in [5, 5.41) is 7.93. The molecule has 1 aromatic heterocycles. The fraction of sp³-hybridized carbons (Fsp3) is 0.360. The number of para-hydroxylation sites is 1. The van der Waals surface area contributed by atoms with E-state index in [0.717, 1.165) is 37.2 Å². The molecule has 0 unspecified atom stereocenters. The molecule has 1 N–H and O–H groups in total. The molecule has 0 saturated carbocycles.